The summed E-state index contributed by atoms with van der Waals surface area (Å²) in [5.74, 6) is -0.0488. The number of amides is 2. The van der Waals surface area contributed by atoms with E-state index in [1.165, 1.54) is 6.08 Å². The number of nitrogens with zero attached hydrogens (tertiary/aromatic N) is 3. The fourth-order valence-electron chi connectivity index (χ4n) is 2.97. The summed E-state index contributed by atoms with van der Waals surface area (Å²) in [7, 11) is 3.83. The van der Waals surface area contributed by atoms with Crippen molar-refractivity contribution in [2.75, 3.05) is 27.2 Å². The molecule has 7 heteroatoms. The Morgan fingerprint density at radius 1 is 1.57 bits per heavy atom. The molecular formula is C14H17N5O2. The van der Waals surface area contributed by atoms with Gasteiger partial charge in [0.15, 0.2) is 5.78 Å². The van der Waals surface area contributed by atoms with E-state index >= 15 is 0 Å². The van der Waals surface area contributed by atoms with Crippen LogP contribution in [0.1, 0.15) is 0 Å². The van der Waals surface area contributed by atoms with Gasteiger partial charge in [0.05, 0.1) is 18.8 Å². The summed E-state index contributed by atoms with van der Waals surface area (Å²) in [4.78, 5) is 27.5. The minimum atomic E-state index is -0.523. The van der Waals surface area contributed by atoms with Crippen molar-refractivity contribution in [1.82, 2.24) is 15.2 Å². The van der Waals surface area contributed by atoms with E-state index in [9.17, 15) is 9.59 Å². The number of hydrogen-bond donors (Lipinski definition) is 2. The van der Waals surface area contributed by atoms with Crippen LogP contribution >= 0.6 is 0 Å². The largest absolute Gasteiger partial charge is 0.351 e. The van der Waals surface area contributed by atoms with E-state index in [-0.39, 0.29) is 11.8 Å². The average molecular weight is 287 g/mol. The Bertz CT molecular complexity index is 642. The molecule has 0 aromatic heterocycles. The van der Waals surface area contributed by atoms with Gasteiger partial charge in [-0.15, -0.1) is 0 Å². The lowest BCUT2D eigenvalue weighted by Gasteiger charge is -2.27. The van der Waals surface area contributed by atoms with Crippen molar-refractivity contribution < 1.29 is 9.59 Å². The van der Waals surface area contributed by atoms with Gasteiger partial charge in [-0.1, -0.05) is 6.08 Å². The van der Waals surface area contributed by atoms with Crippen LogP contribution in [0, 0.1) is 0 Å². The van der Waals surface area contributed by atoms with E-state index in [1.54, 1.807) is 17.2 Å². The molecule has 0 fully saturated rings. The van der Waals surface area contributed by atoms with Crippen LogP contribution in [0.2, 0.25) is 0 Å². The van der Waals surface area contributed by atoms with Crippen molar-refractivity contribution in [2.45, 2.75) is 6.04 Å². The van der Waals surface area contributed by atoms with Gasteiger partial charge in [-0.2, -0.15) is 5.10 Å². The quantitative estimate of drug-likeness (QED) is 0.722. The molecule has 2 heterocycles. The summed E-state index contributed by atoms with van der Waals surface area (Å²) >= 11 is 0. The minimum absolute atomic E-state index is 0.0488. The SMILES string of the molecule is CN(C)CC1=C2C=NNCC3=C2C(C=CC3=O)N1C(N)=O. The van der Waals surface area contributed by atoms with Crippen LogP contribution in [0.5, 0.6) is 0 Å². The molecule has 3 rings (SSSR count). The fourth-order valence-corrected chi connectivity index (χ4v) is 2.97. The lowest BCUT2D eigenvalue weighted by molar-refractivity contribution is -0.111. The van der Waals surface area contributed by atoms with Gasteiger partial charge in [0.25, 0.3) is 0 Å². The molecule has 0 spiro atoms. The van der Waals surface area contributed by atoms with Crippen molar-refractivity contribution in [3.05, 3.63) is 34.6 Å². The van der Waals surface area contributed by atoms with Crippen molar-refractivity contribution in [3.8, 4) is 0 Å². The predicted molar refractivity (Wildman–Crippen MR) is 78.5 cm³/mol. The monoisotopic (exact) mass is 287 g/mol. The summed E-state index contributed by atoms with van der Waals surface area (Å²) in [5.41, 5.74) is 11.5. The first-order chi connectivity index (χ1) is 10.0. The van der Waals surface area contributed by atoms with Crippen LogP contribution < -0.4 is 11.2 Å². The zero-order valence-corrected chi connectivity index (χ0v) is 12.0. The third kappa shape index (κ3) is 2.06. The van der Waals surface area contributed by atoms with Crippen molar-refractivity contribution in [3.63, 3.8) is 0 Å². The number of carbonyl (C=O) groups is 2. The highest BCUT2D eigenvalue weighted by Crippen LogP contribution is 2.38. The van der Waals surface area contributed by atoms with Crippen molar-refractivity contribution >= 4 is 18.0 Å². The fraction of sp³-hybridized carbons (Fsp3) is 0.357. The molecule has 0 aromatic carbocycles. The molecule has 2 aliphatic heterocycles. The molecular weight excluding hydrogens is 270 g/mol. The van der Waals surface area contributed by atoms with E-state index < -0.39 is 6.03 Å². The number of primary amides is 1. The molecule has 3 aliphatic rings. The van der Waals surface area contributed by atoms with E-state index in [2.05, 4.69) is 10.5 Å². The lowest BCUT2D eigenvalue weighted by Crippen LogP contribution is -2.42. The average Bonchev–Trinajstić information content (AvgIpc) is 2.58. The molecule has 0 bridgehead atoms. The number of hydrogen-bond acceptors (Lipinski definition) is 5. The summed E-state index contributed by atoms with van der Waals surface area (Å²) in [6.45, 7) is 0.899. The highest BCUT2D eigenvalue weighted by molar-refractivity contribution is 6.10. The first kappa shape index (κ1) is 13.6. The second kappa shape index (κ2) is 4.85. The van der Waals surface area contributed by atoms with Crippen molar-refractivity contribution in [1.29, 1.82) is 0 Å². The third-order valence-electron chi connectivity index (χ3n) is 3.76. The number of hydrazone groups is 1. The number of likely N-dealkylation sites (N-methyl/N-ethyl adjacent to an activating group) is 1. The Balaban J connectivity index is 2.21. The Kier molecular flexibility index (Phi) is 3.13. The number of nitrogens with two attached hydrogens (primary N) is 1. The zero-order valence-electron chi connectivity index (χ0n) is 12.0. The molecule has 0 saturated heterocycles. The standard InChI is InChI=1S/C14H17N5O2/c1-18(2)7-11-8-5-16-17-6-9-12(20)4-3-10(13(8)9)19(11)14(15)21/h3-5,10,17H,6-7H2,1-2H3,(H2,15,21). The molecule has 3 N–H and O–H groups in total. The van der Waals surface area contributed by atoms with Crippen LogP contribution in [0.3, 0.4) is 0 Å². The minimum Gasteiger partial charge on any atom is -0.351 e. The van der Waals surface area contributed by atoms with Gasteiger partial charge in [-0.3, -0.25) is 9.69 Å². The number of rotatable bonds is 2. The molecule has 0 aromatic rings. The maximum absolute atomic E-state index is 12.1. The Morgan fingerprint density at radius 3 is 3.00 bits per heavy atom. The Morgan fingerprint density at radius 2 is 2.33 bits per heavy atom. The summed E-state index contributed by atoms with van der Waals surface area (Å²) in [6.07, 6.45) is 4.90. The van der Waals surface area contributed by atoms with Gasteiger partial charge in [0, 0.05) is 23.4 Å². The van der Waals surface area contributed by atoms with E-state index in [4.69, 9.17) is 5.73 Å². The summed E-state index contributed by atoms with van der Waals surface area (Å²) in [5, 5.41) is 4.11. The lowest BCUT2D eigenvalue weighted by atomic mass is 9.89. The predicted octanol–water partition coefficient (Wildman–Crippen LogP) is -0.410. The number of ketones is 1. The summed E-state index contributed by atoms with van der Waals surface area (Å²) in [6, 6.07) is -0.837. The van der Waals surface area contributed by atoms with Crippen LogP contribution in [0.4, 0.5) is 4.79 Å². The van der Waals surface area contributed by atoms with Crippen LogP contribution in [-0.4, -0.2) is 61.1 Å². The molecule has 21 heavy (non-hydrogen) atoms. The van der Waals surface area contributed by atoms with E-state index in [0.717, 1.165) is 16.8 Å². The topological polar surface area (TPSA) is 91.0 Å². The second-order valence-electron chi connectivity index (χ2n) is 5.46. The van der Waals surface area contributed by atoms with E-state index in [0.29, 0.717) is 18.7 Å². The van der Waals surface area contributed by atoms with Crippen LogP contribution in [0.15, 0.2) is 39.7 Å². The van der Waals surface area contributed by atoms with Gasteiger partial charge < -0.3 is 16.1 Å². The number of allylic oxidation sites excluding steroid dienone is 1. The third-order valence-corrected chi connectivity index (χ3v) is 3.76. The molecule has 7 nitrogen and oxygen atoms in total. The van der Waals surface area contributed by atoms with E-state index in [1.807, 2.05) is 19.0 Å². The number of nitrogens with one attached hydrogen (secondary N) is 1. The number of urea groups is 1. The first-order valence-electron chi connectivity index (χ1n) is 6.69. The van der Waals surface area contributed by atoms with Gasteiger partial charge >= 0.3 is 6.03 Å². The molecule has 110 valence electrons. The second-order valence-corrected chi connectivity index (χ2v) is 5.46. The van der Waals surface area contributed by atoms with Crippen LogP contribution in [0.25, 0.3) is 0 Å². The van der Waals surface area contributed by atoms with Gasteiger partial charge in [0.1, 0.15) is 0 Å². The Hall–Kier alpha value is -2.41. The van der Waals surface area contributed by atoms with Crippen LogP contribution in [-0.2, 0) is 4.79 Å². The van der Waals surface area contributed by atoms with Crippen molar-refractivity contribution in [2.24, 2.45) is 10.8 Å². The van der Waals surface area contributed by atoms with Gasteiger partial charge in [-0.05, 0) is 25.7 Å². The molecule has 0 radical (unpaired) electrons. The molecule has 1 atom stereocenters. The zero-order chi connectivity index (χ0) is 15.1. The highest BCUT2D eigenvalue weighted by Gasteiger charge is 2.41. The highest BCUT2D eigenvalue weighted by atomic mass is 16.2. The Labute approximate surface area is 122 Å². The smallest absolute Gasteiger partial charge is 0.319 e. The van der Waals surface area contributed by atoms with Gasteiger partial charge in [0.2, 0.25) is 0 Å². The summed E-state index contributed by atoms with van der Waals surface area (Å²) < 4.78 is 0. The molecule has 2 amide bonds. The van der Waals surface area contributed by atoms with Gasteiger partial charge in [-0.25, -0.2) is 4.79 Å². The molecule has 0 saturated carbocycles. The number of carbonyl (C=O) groups excluding carboxylic acids is 2. The molecule has 1 unspecified atom stereocenters. The normalized spacial score (nSPS) is 23.7. The maximum Gasteiger partial charge on any atom is 0.319 e. The maximum atomic E-state index is 12.1. The first-order valence-corrected chi connectivity index (χ1v) is 6.69. The molecule has 1 aliphatic carbocycles.